The highest BCUT2D eigenvalue weighted by molar-refractivity contribution is 5.48. The van der Waals surface area contributed by atoms with Gasteiger partial charge in [-0.2, -0.15) is 0 Å². The van der Waals surface area contributed by atoms with Crippen LogP contribution in [0.5, 0.6) is 0 Å². The monoisotopic (exact) mass is 281 g/mol. The highest BCUT2D eigenvalue weighted by Gasteiger charge is 2.31. The maximum Gasteiger partial charge on any atom is 0.145 e. The quantitative estimate of drug-likeness (QED) is 0.527. The van der Waals surface area contributed by atoms with Crippen molar-refractivity contribution in [1.29, 1.82) is 0 Å². The predicted octanol–water partition coefficient (Wildman–Crippen LogP) is 0.302. The number of nitrogens with two attached hydrogens (primary N) is 1. The maximum atomic E-state index is 10.6. The molecule has 1 aliphatic rings. The van der Waals surface area contributed by atoms with E-state index in [1.807, 2.05) is 18.9 Å². The van der Waals surface area contributed by atoms with Gasteiger partial charge in [0.05, 0.1) is 5.60 Å². The molecular formula is C13H23N5O2. The fraction of sp³-hybridized carbons (Fsp3) is 0.692. The van der Waals surface area contributed by atoms with Crippen LogP contribution in [0.3, 0.4) is 0 Å². The first-order chi connectivity index (χ1) is 9.56. The van der Waals surface area contributed by atoms with Crippen LogP contribution in [0.2, 0.25) is 0 Å². The molecule has 7 heteroatoms. The fourth-order valence-corrected chi connectivity index (χ4v) is 2.34. The van der Waals surface area contributed by atoms with Crippen molar-refractivity contribution in [3.05, 3.63) is 11.9 Å². The molecule has 0 radical (unpaired) electrons. The number of hydrogen-bond acceptors (Lipinski definition) is 7. The second-order valence-corrected chi connectivity index (χ2v) is 5.22. The molecule has 7 nitrogen and oxygen atoms in total. The molecule has 0 aromatic carbocycles. The van der Waals surface area contributed by atoms with Crippen molar-refractivity contribution in [2.24, 2.45) is 5.84 Å². The molecule has 112 valence electrons. The van der Waals surface area contributed by atoms with Gasteiger partial charge in [-0.05, 0) is 0 Å². The summed E-state index contributed by atoms with van der Waals surface area (Å²) in [6.07, 6.45) is 2.02. The van der Waals surface area contributed by atoms with E-state index in [9.17, 15) is 5.11 Å². The van der Waals surface area contributed by atoms with Crippen molar-refractivity contribution >= 4 is 11.6 Å². The number of nitrogen functional groups attached to an aromatic ring is 1. The van der Waals surface area contributed by atoms with Gasteiger partial charge in [-0.1, -0.05) is 6.92 Å². The van der Waals surface area contributed by atoms with E-state index in [2.05, 4.69) is 15.4 Å². The smallest absolute Gasteiger partial charge is 0.145 e. The maximum absolute atomic E-state index is 10.6. The van der Waals surface area contributed by atoms with Gasteiger partial charge >= 0.3 is 0 Å². The van der Waals surface area contributed by atoms with Crippen molar-refractivity contribution in [3.63, 3.8) is 0 Å². The van der Waals surface area contributed by atoms with Gasteiger partial charge in [0, 0.05) is 52.1 Å². The highest BCUT2D eigenvalue weighted by Crippen LogP contribution is 2.24. The number of likely N-dealkylation sites (N-methyl/N-ethyl adjacent to an activating group) is 1. The molecule has 0 atom stereocenters. The third kappa shape index (κ3) is 3.56. The summed E-state index contributed by atoms with van der Waals surface area (Å²) in [6, 6.07) is 1.78. The number of rotatable bonds is 5. The summed E-state index contributed by atoms with van der Waals surface area (Å²) in [5.41, 5.74) is 1.83. The Morgan fingerprint density at radius 2 is 2.15 bits per heavy atom. The first-order valence-electron chi connectivity index (χ1n) is 6.92. The third-order valence-electron chi connectivity index (χ3n) is 3.57. The lowest BCUT2D eigenvalue weighted by Crippen LogP contribution is -2.46. The van der Waals surface area contributed by atoms with Crippen LogP contribution in [0.15, 0.2) is 6.07 Å². The predicted molar refractivity (Wildman–Crippen MR) is 77.5 cm³/mol. The molecule has 0 amide bonds. The van der Waals surface area contributed by atoms with E-state index in [1.54, 1.807) is 6.07 Å². The van der Waals surface area contributed by atoms with Gasteiger partial charge in [0.25, 0.3) is 0 Å². The number of hydrazine groups is 1. The molecule has 1 fully saturated rings. The minimum absolute atomic E-state index is 0.514. The van der Waals surface area contributed by atoms with Gasteiger partial charge in [-0.15, -0.1) is 0 Å². The second-order valence-electron chi connectivity index (χ2n) is 5.22. The van der Waals surface area contributed by atoms with Crippen LogP contribution in [0.4, 0.5) is 11.6 Å². The number of hydrogen-bond donors (Lipinski definition) is 3. The topological polar surface area (TPSA) is 96.5 Å². The molecule has 0 bridgehead atoms. The summed E-state index contributed by atoms with van der Waals surface area (Å²) in [7, 11) is 1.91. The lowest BCUT2D eigenvalue weighted by atomic mass is 9.94. The minimum Gasteiger partial charge on any atom is -0.388 e. The summed E-state index contributed by atoms with van der Waals surface area (Å²) in [4.78, 5) is 10.7. The van der Waals surface area contributed by atoms with E-state index < -0.39 is 5.60 Å². The molecule has 20 heavy (non-hydrogen) atoms. The summed E-state index contributed by atoms with van der Waals surface area (Å²) < 4.78 is 5.29. The molecular weight excluding hydrogens is 258 g/mol. The first kappa shape index (κ1) is 15.0. The van der Waals surface area contributed by atoms with Gasteiger partial charge in [-0.3, -0.25) is 0 Å². The first-order valence-corrected chi connectivity index (χ1v) is 6.92. The van der Waals surface area contributed by atoms with Crippen molar-refractivity contribution in [1.82, 2.24) is 9.97 Å². The van der Waals surface area contributed by atoms with Crippen molar-refractivity contribution in [2.75, 3.05) is 37.1 Å². The average Bonchev–Trinajstić information content (AvgIpc) is 2.46. The zero-order valence-corrected chi connectivity index (χ0v) is 12.1. The molecule has 2 heterocycles. The molecule has 2 rings (SSSR count). The Balaban J connectivity index is 2.13. The Morgan fingerprint density at radius 1 is 1.45 bits per heavy atom. The van der Waals surface area contributed by atoms with Crippen molar-refractivity contribution < 1.29 is 9.84 Å². The van der Waals surface area contributed by atoms with Crippen LogP contribution in [-0.2, 0) is 11.2 Å². The Kier molecular flexibility index (Phi) is 4.74. The van der Waals surface area contributed by atoms with E-state index in [1.165, 1.54) is 0 Å². The Hall–Kier alpha value is -1.44. The van der Waals surface area contributed by atoms with Gasteiger partial charge in [0.1, 0.15) is 17.5 Å². The minimum atomic E-state index is -0.722. The Morgan fingerprint density at radius 3 is 2.75 bits per heavy atom. The summed E-state index contributed by atoms with van der Waals surface area (Å²) in [5, 5.41) is 10.6. The van der Waals surface area contributed by atoms with Crippen LogP contribution in [0.1, 0.15) is 25.6 Å². The van der Waals surface area contributed by atoms with E-state index in [0.717, 1.165) is 18.1 Å². The molecule has 1 aromatic heterocycles. The standard InChI is InChI=1S/C13H23N5O2/c1-3-10-15-11(17-14)8-12(16-10)18(2)9-13(19)4-6-20-7-5-13/h8,19H,3-7,9,14H2,1-2H3,(H,15,16,17). The lowest BCUT2D eigenvalue weighted by Gasteiger charge is -2.35. The molecule has 0 aliphatic carbocycles. The molecule has 0 saturated carbocycles. The van der Waals surface area contributed by atoms with E-state index >= 15 is 0 Å². The summed E-state index contributed by atoms with van der Waals surface area (Å²) in [5.74, 6) is 7.49. The normalized spacial score (nSPS) is 17.8. The zero-order chi connectivity index (χ0) is 14.6. The molecule has 1 aliphatic heterocycles. The lowest BCUT2D eigenvalue weighted by molar-refractivity contribution is -0.0573. The number of nitrogens with one attached hydrogen (secondary N) is 1. The molecule has 4 N–H and O–H groups in total. The van der Waals surface area contributed by atoms with Gasteiger partial charge < -0.3 is 20.2 Å². The van der Waals surface area contributed by atoms with Crippen molar-refractivity contribution in [3.8, 4) is 0 Å². The van der Waals surface area contributed by atoms with Gasteiger partial charge in [0.15, 0.2) is 0 Å². The molecule has 0 unspecified atom stereocenters. The fourth-order valence-electron chi connectivity index (χ4n) is 2.34. The van der Waals surface area contributed by atoms with Gasteiger partial charge in [-0.25, -0.2) is 15.8 Å². The van der Waals surface area contributed by atoms with Crippen LogP contribution in [0, 0.1) is 0 Å². The van der Waals surface area contributed by atoms with E-state index in [-0.39, 0.29) is 0 Å². The number of aromatic nitrogens is 2. The number of ether oxygens (including phenoxy) is 1. The number of nitrogens with zero attached hydrogens (tertiary/aromatic N) is 3. The largest absolute Gasteiger partial charge is 0.388 e. The molecule has 1 aromatic rings. The third-order valence-corrected chi connectivity index (χ3v) is 3.57. The number of aryl methyl sites for hydroxylation is 1. The second kappa shape index (κ2) is 6.34. The van der Waals surface area contributed by atoms with E-state index in [0.29, 0.717) is 38.4 Å². The summed E-state index contributed by atoms with van der Waals surface area (Å²) >= 11 is 0. The van der Waals surface area contributed by atoms with Crippen molar-refractivity contribution in [2.45, 2.75) is 31.8 Å². The highest BCUT2D eigenvalue weighted by atomic mass is 16.5. The number of aliphatic hydroxyl groups is 1. The zero-order valence-electron chi connectivity index (χ0n) is 12.1. The SMILES string of the molecule is CCc1nc(NN)cc(N(C)CC2(O)CCOCC2)n1. The molecule has 1 saturated heterocycles. The average molecular weight is 281 g/mol. The van der Waals surface area contributed by atoms with Gasteiger partial charge in [0.2, 0.25) is 0 Å². The van der Waals surface area contributed by atoms with Crippen LogP contribution in [-0.4, -0.2) is 47.5 Å². The van der Waals surface area contributed by atoms with Crippen LogP contribution >= 0.6 is 0 Å². The Labute approximate surface area is 119 Å². The van der Waals surface area contributed by atoms with Crippen LogP contribution < -0.4 is 16.2 Å². The molecule has 0 spiro atoms. The van der Waals surface area contributed by atoms with E-state index in [4.69, 9.17) is 10.6 Å². The summed E-state index contributed by atoms with van der Waals surface area (Å²) in [6.45, 7) is 3.71. The Bertz CT molecular complexity index is 426. The van der Waals surface area contributed by atoms with Crippen LogP contribution in [0.25, 0.3) is 0 Å². The number of anilines is 2.